The van der Waals surface area contributed by atoms with Crippen molar-refractivity contribution in [1.29, 1.82) is 0 Å². The van der Waals surface area contributed by atoms with Crippen LogP contribution in [-0.4, -0.2) is 83.9 Å². The second-order valence-electron chi connectivity index (χ2n) is 9.39. The fraction of sp³-hybridized carbons (Fsp3) is 0.480. The van der Waals surface area contributed by atoms with Gasteiger partial charge in [0.25, 0.3) is 0 Å². The molecule has 0 heterocycles. The molecule has 0 saturated heterocycles. The summed E-state index contributed by atoms with van der Waals surface area (Å²) >= 11 is 0. The number of guanidine groups is 2. The van der Waals surface area contributed by atoms with E-state index in [4.69, 9.17) is 34.4 Å². The van der Waals surface area contributed by atoms with E-state index in [0.29, 0.717) is 12.0 Å². The third kappa shape index (κ3) is 14.5. The number of carbonyl (C=O) groups is 5. The molecule has 17 nitrogen and oxygen atoms in total. The first-order valence-electron chi connectivity index (χ1n) is 13.1. The lowest BCUT2D eigenvalue weighted by Gasteiger charge is -2.25. The molecule has 0 bridgehead atoms. The van der Waals surface area contributed by atoms with Crippen LogP contribution in [0.25, 0.3) is 0 Å². The van der Waals surface area contributed by atoms with Gasteiger partial charge in [0, 0.05) is 19.5 Å². The number of carboxylic acids is 1. The highest BCUT2D eigenvalue weighted by Crippen LogP contribution is 2.07. The summed E-state index contributed by atoms with van der Waals surface area (Å²) in [4.78, 5) is 70.1. The highest BCUT2D eigenvalue weighted by atomic mass is 16.4. The number of nitrogens with one attached hydrogen (secondary N) is 3. The summed E-state index contributed by atoms with van der Waals surface area (Å²) in [5.41, 5.74) is 33.0. The number of nitrogens with zero attached hydrogens (tertiary/aromatic N) is 2. The fourth-order valence-electron chi connectivity index (χ4n) is 3.71. The third-order valence-corrected chi connectivity index (χ3v) is 5.82. The number of rotatable bonds is 19. The Kier molecular flexibility index (Phi) is 15.4. The van der Waals surface area contributed by atoms with Gasteiger partial charge in [-0.1, -0.05) is 30.3 Å². The number of aliphatic carboxylic acids is 1. The van der Waals surface area contributed by atoms with Crippen LogP contribution >= 0.6 is 0 Å². The molecule has 0 fully saturated rings. The molecule has 1 aromatic rings. The molecule has 232 valence electrons. The van der Waals surface area contributed by atoms with E-state index in [-0.39, 0.29) is 50.7 Å². The zero-order valence-corrected chi connectivity index (χ0v) is 23.2. The number of hydrogen-bond acceptors (Lipinski definition) is 8. The van der Waals surface area contributed by atoms with E-state index in [2.05, 4.69) is 25.9 Å². The van der Waals surface area contributed by atoms with Crippen molar-refractivity contribution in [2.75, 3.05) is 13.1 Å². The quantitative estimate of drug-likeness (QED) is 0.0420. The maximum atomic E-state index is 13.2. The standard InChI is InChI=1S/C25H41N11O6/c26-15(8-4-10-32-24(28)29)20(38)35-17(13-19(27)37)22(40)34-16(9-5-11-33-25(30)31)21(39)36-18(23(41)42)12-14-6-2-1-3-7-14/h1-3,6-7,15-18H,4-5,8-13,26H2,(H2,27,37)(H,34,40)(H,35,38)(H,36,39)(H,41,42)(H4,28,29,32)(H4,30,31,33). The highest BCUT2D eigenvalue weighted by molar-refractivity contribution is 5.96. The molecule has 0 radical (unpaired) electrons. The molecule has 42 heavy (non-hydrogen) atoms. The second-order valence-corrected chi connectivity index (χ2v) is 9.39. The lowest BCUT2D eigenvalue weighted by molar-refractivity contribution is -0.142. The Labute approximate surface area is 242 Å². The van der Waals surface area contributed by atoms with Crippen molar-refractivity contribution in [3.63, 3.8) is 0 Å². The van der Waals surface area contributed by atoms with Crippen LogP contribution < -0.4 is 50.4 Å². The van der Waals surface area contributed by atoms with Crippen LogP contribution in [-0.2, 0) is 30.4 Å². The molecule has 1 rings (SSSR count). The first-order valence-corrected chi connectivity index (χ1v) is 13.1. The van der Waals surface area contributed by atoms with E-state index in [1.807, 2.05) is 0 Å². The van der Waals surface area contributed by atoms with Gasteiger partial charge in [0.2, 0.25) is 23.6 Å². The number of primary amides is 1. The van der Waals surface area contributed by atoms with Gasteiger partial charge in [-0.15, -0.1) is 0 Å². The molecule has 0 aliphatic heterocycles. The van der Waals surface area contributed by atoms with Crippen LogP contribution in [0.4, 0.5) is 0 Å². The van der Waals surface area contributed by atoms with Gasteiger partial charge in [-0.2, -0.15) is 0 Å². The molecular formula is C25H41N11O6. The van der Waals surface area contributed by atoms with Crippen LogP contribution in [0.1, 0.15) is 37.7 Å². The Balaban J connectivity index is 3.03. The van der Waals surface area contributed by atoms with Gasteiger partial charge < -0.3 is 55.5 Å². The van der Waals surface area contributed by atoms with Gasteiger partial charge >= 0.3 is 5.97 Å². The van der Waals surface area contributed by atoms with Gasteiger partial charge in [0.15, 0.2) is 11.9 Å². The second kappa shape index (κ2) is 18.4. The van der Waals surface area contributed by atoms with Crippen molar-refractivity contribution in [2.24, 2.45) is 44.4 Å². The van der Waals surface area contributed by atoms with Crippen molar-refractivity contribution in [3.8, 4) is 0 Å². The molecule has 0 aromatic heterocycles. The monoisotopic (exact) mass is 591 g/mol. The van der Waals surface area contributed by atoms with Crippen LogP contribution in [0.2, 0.25) is 0 Å². The summed E-state index contributed by atoms with van der Waals surface area (Å²) in [6, 6.07) is 3.53. The summed E-state index contributed by atoms with van der Waals surface area (Å²) in [7, 11) is 0. The Morgan fingerprint density at radius 1 is 0.714 bits per heavy atom. The normalized spacial score (nSPS) is 13.4. The SMILES string of the molecule is NC(=O)CC(NC(=O)C(N)CCCN=C(N)N)C(=O)NC(CCCN=C(N)N)C(=O)NC(Cc1ccccc1)C(=O)O. The van der Waals surface area contributed by atoms with Crippen molar-refractivity contribution in [1.82, 2.24) is 16.0 Å². The van der Waals surface area contributed by atoms with Crippen LogP contribution in [0, 0.1) is 0 Å². The number of hydrogen-bond donors (Lipinski definition) is 10. The van der Waals surface area contributed by atoms with Crippen molar-refractivity contribution in [3.05, 3.63) is 35.9 Å². The Hall–Kier alpha value is -4.93. The number of amides is 4. The molecule has 4 atom stereocenters. The zero-order valence-electron chi connectivity index (χ0n) is 23.2. The molecule has 0 aliphatic carbocycles. The molecule has 4 amide bonds. The molecule has 4 unspecified atom stereocenters. The van der Waals surface area contributed by atoms with E-state index in [0.717, 1.165) is 0 Å². The van der Waals surface area contributed by atoms with E-state index in [9.17, 15) is 29.1 Å². The smallest absolute Gasteiger partial charge is 0.326 e. The lowest BCUT2D eigenvalue weighted by atomic mass is 10.0. The summed E-state index contributed by atoms with van der Waals surface area (Å²) in [5, 5.41) is 17.0. The number of nitrogens with two attached hydrogens (primary N) is 6. The topological polar surface area (TPSA) is 323 Å². The van der Waals surface area contributed by atoms with Gasteiger partial charge in [0.05, 0.1) is 12.5 Å². The minimum absolute atomic E-state index is 0.00638. The molecule has 0 saturated carbocycles. The molecule has 0 spiro atoms. The van der Waals surface area contributed by atoms with Crippen LogP contribution in [0.5, 0.6) is 0 Å². The molecule has 16 N–H and O–H groups in total. The van der Waals surface area contributed by atoms with Crippen LogP contribution in [0.3, 0.4) is 0 Å². The Bertz CT molecular complexity index is 1120. The molecule has 0 aliphatic rings. The van der Waals surface area contributed by atoms with Crippen molar-refractivity contribution < 1.29 is 29.1 Å². The maximum absolute atomic E-state index is 13.2. The third-order valence-electron chi connectivity index (χ3n) is 5.82. The number of aliphatic imine (C=N–C) groups is 2. The lowest BCUT2D eigenvalue weighted by Crippen LogP contribution is -2.58. The first-order chi connectivity index (χ1) is 19.8. The summed E-state index contributed by atoms with van der Waals surface area (Å²) in [6.45, 7) is 0.345. The summed E-state index contributed by atoms with van der Waals surface area (Å²) in [6.07, 6.45) is 0.143. The number of carbonyl (C=O) groups excluding carboxylic acids is 4. The summed E-state index contributed by atoms with van der Waals surface area (Å²) < 4.78 is 0. The zero-order chi connectivity index (χ0) is 31.7. The number of benzene rings is 1. The molecule has 1 aromatic carbocycles. The van der Waals surface area contributed by atoms with Gasteiger partial charge in [-0.05, 0) is 31.2 Å². The van der Waals surface area contributed by atoms with Gasteiger partial charge in [-0.25, -0.2) is 4.79 Å². The minimum Gasteiger partial charge on any atom is -0.480 e. The van der Waals surface area contributed by atoms with E-state index >= 15 is 0 Å². The summed E-state index contributed by atoms with van der Waals surface area (Å²) in [5.74, 6) is -4.94. The molecule has 17 heteroatoms. The average Bonchev–Trinajstić information content (AvgIpc) is 2.91. The largest absolute Gasteiger partial charge is 0.480 e. The Morgan fingerprint density at radius 3 is 1.74 bits per heavy atom. The van der Waals surface area contributed by atoms with Crippen LogP contribution in [0.15, 0.2) is 40.3 Å². The Morgan fingerprint density at radius 2 is 1.21 bits per heavy atom. The first kappa shape index (κ1) is 35.1. The van der Waals surface area contributed by atoms with Gasteiger partial charge in [-0.3, -0.25) is 29.2 Å². The maximum Gasteiger partial charge on any atom is 0.326 e. The van der Waals surface area contributed by atoms with E-state index in [1.165, 1.54) is 0 Å². The molecular weight excluding hydrogens is 550 g/mol. The predicted molar refractivity (Wildman–Crippen MR) is 155 cm³/mol. The highest BCUT2D eigenvalue weighted by Gasteiger charge is 2.31. The predicted octanol–water partition coefficient (Wildman–Crippen LogP) is -3.92. The van der Waals surface area contributed by atoms with Crippen molar-refractivity contribution in [2.45, 2.75) is 62.7 Å². The van der Waals surface area contributed by atoms with Crippen molar-refractivity contribution >= 4 is 41.5 Å². The minimum atomic E-state index is -1.47. The van der Waals surface area contributed by atoms with Gasteiger partial charge in [0.1, 0.15) is 18.1 Å². The fourth-order valence-corrected chi connectivity index (χ4v) is 3.71. The van der Waals surface area contributed by atoms with E-state index < -0.39 is 60.2 Å². The average molecular weight is 592 g/mol. The number of carboxylic acid groups (broad SMARTS) is 1. The van der Waals surface area contributed by atoms with E-state index in [1.54, 1.807) is 30.3 Å².